The molecule has 1 heterocycles. The maximum atomic E-state index is 13.0. The SMILES string of the molecule is CC1CN(S(=O)(=O)c2cccc(Cl)c2)c2ccccc2CN1. The second-order valence-corrected chi connectivity index (χ2v) is 7.70. The van der Waals surface area contributed by atoms with Gasteiger partial charge in [-0.15, -0.1) is 0 Å². The zero-order chi connectivity index (χ0) is 15.7. The molecule has 22 heavy (non-hydrogen) atoms. The van der Waals surface area contributed by atoms with Crippen molar-refractivity contribution in [3.63, 3.8) is 0 Å². The van der Waals surface area contributed by atoms with E-state index in [9.17, 15) is 8.42 Å². The number of fused-ring (bicyclic) bond motifs is 1. The molecule has 1 atom stereocenters. The third kappa shape index (κ3) is 2.84. The third-order valence-corrected chi connectivity index (χ3v) is 5.74. The topological polar surface area (TPSA) is 49.4 Å². The second kappa shape index (κ2) is 5.91. The fourth-order valence-electron chi connectivity index (χ4n) is 2.58. The molecule has 0 fully saturated rings. The van der Waals surface area contributed by atoms with Crippen LogP contribution < -0.4 is 9.62 Å². The van der Waals surface area contributed by atoms with E-state index >= 15 is 0 Å². The maximum absolute atomic E-state index is 13.0. The molecular weight excluding hydrogens is 320 g/mol. The summed E-state index contributed by atoms with van der Waals surface area (Å²) in [5.74, 6) is 0. The average molecular weight is 337 g/mol. The molecule has 0 amide bonds. The molecule has 6 heteroatoms. The van der Waals surface area contributed by atoms with Crippen LogP contribution in [0.4, 0.5) is 5.69 Å². The summed E-state index contributed by atoms with van der Waals surface area (Å²) in [6, 6.07) is 14.0. The molecular formula is C16H17ClN2O2S. The minimum atomic E-state index is -3.65. The van der Waals surface area contributed by atoms with Gasteiger partial charge in [-0.3, -0.25) is 4.31 Å². The van der Waals surface area contributed by atoms with Crippen molar-refractivity contribution in [2.45, 2.75) is 24.4 Å². The molecule has 1 N–H and O–H groups in total. The molecule has 1 aliphatic heterocycles. The van der Waals surface area contributed by atoms with Crippen molar-refractivity contribution < 1.29 is 8.42 Å². The highest BCUT2D eigenvalue weighted by atomic mass is 35.5. The minimum Gasteiger partial charge on any atom is -0.308 e. The van der Waals surface area contributed by atoms with E-state index in [2.05, 4.69) is 5.32 Å². The van der Waals surface area contributed by atoms with Crippen molar-refractivity contribution in [2.24, 2.45) is 0 Å². The number of sulfonamides is 1. The smallest absolute Gasteiger partial charge is 0.264 e. The van der Waals surface area contributed by atoms with E-state index in [1.54, 1.807) is 18.2 Å². The summed E-state index contributed by atoms with van der Waals surface area (Å²) >= 11 is 5.96. The van der Waals surface area contributed by atoms with Gasteiger partial charge >= 0.3 is 0 Å². The minimum absolute atomic E-state index is 0.0568. The number of anilines is 1. The van der Waals surface area contributed by atoms with Crippen LogP contribution in [0.3, 0.4) is 0 Å². The zero-order valence-corrected chi connectivity index (χ0v) is 13.7. The Morgan fingerprint density at radius 3 is 2.73 bits per heavy atom. The highest BCUT2D eigenvalue weighted by Gasteiger charge is 2.30. The van der Waals surface area contributed by atoms with Gasteiger partial charge in [0.2, 0.25) is 0 Å². The standard InChI is InChI=1S/C16H17ClN2O2S/c1-12-11-19(16-8-3-2-5-13(16)10-18-12)22(20,21)15-7-4-6-14(17)9-15/h2-9,12,18H,10-11H2,1H3. The van der Waals surface area contributed by atoms with Crippen molar-refractivity contribution >= 4 is 27.3 Å². The van der Waals surface area contributed by atoms with Gasteiger partial charge in [0.15, 0.2) is 0 Å². The lowest BCUT2D eigenvalue weighted by atomic mass is 10.2. The molecule has 0 aliphatic carbocycles. The Labute approximate surface area is 135 Å². The monoisotopic (exact) mass is 336 g/mol. The van der Waals surface area contributed by atoms with Crippen LogP contribution in [0.25, 0.3) is 0 Å². The van der Waals surface area contributed by atoms with Gasteiger partial charge in [0.1, 0.15) is 0 Å². The van der Waals surface area contributed by atoms with E-state index in [-0.39, 0.29) is 10.9 Å². The van der Waals surface area contributed by atoms with Gasteiger partial charge in [-0.25, -0.2) is 8.42 Å². The molecule has 3 rings (SSSR count). The van der Waals surface area contributed by atoms with Gasteiger partial charge in [-0.1, -0.05) is 35.9 Å². The molecule has 0 saturated heterocycles. The maximum Gasteiger partial charge on any atom is 0.264 e. The van der Waals surface area contributed by atoms with Crippen molar-refractivity contribution in [3.05, 3.63) is 59.1 Å². The van der Waals surface area contributed by atoms with Crippen molar-refractivity contribution in [1.82, 2.24) is 5.32 Å². The van der Waals surface area contributed by atoms with E-state index in [0.717, 1.165) is 11.3 Å². The third-order valence-electron chi connectivity index (χ3n) is 3.73. The number of halogens is 1. The van der Waals surface area contributed by atoms with Crippen LogP contribution in [0.2, 0.25) is 5.02 Å². The highest BCUT2D eigenvalue weighted by molar-refractivity contribution is 7.92. The lowest BCUT2D eigenvalue weighted by Crippen LogP contribution is -2.39. The van der Waals surface area contributed by atoms with E-state index in [4.69, 9.17) is 11.6 Å². The summed E-state index contributed by atoms with van der Waals surface area (Å²) in [7, 11) is -3.65. The lowest BCUT2D eigenvalue weighted by molar-refractivity contribution is 0.556. The van der Waals surface area contributed by atoms with Crippen LogP contribution >= 0.6 is 11.6 Å². The van der Waals surface area contributed by atoms with Gasteiger partial charge in [0.25, 0.3) is 10.0 Å². The summed E-state index contributed by atoms with van der Waals surface area (Å²) in [5, 5.41) is 3.75. The predicted octanol–water partition coefficient (Wildman–Crippen LogP) is 3.03. The van der Waals surface area contributed by atoms with Crippen LogP contribution in [0.5, 0.6) is 0 Å². The summed E-state index contributed by atoms with van der Waals surface area (Å²) in [4.78, 5) is 0.212. The molecule has 2 aromatic rings. The van der Waals surface area contributed by atoms with E-state index < -0.39 is 10.0 Å². The fraction of sp³-hybridized carbons (Fsp3) is 0.250. The molecule has 0 aromatic heterocycles. The molecule has 4 nitrogen and oxygen atoms in total. The number of nitrogens with zero attached hydrogens (tertiary/aromatic N) is 1. The number of hydrogen-bond acceptors (Lipinski definition) is 3. The largest absolute Gasteiger partial charge is 0.308 e. The van der Waals surface area contributed by atoms with Gasteiger partial charge in [0, 0.05) is 24.2 Å². The number of rotatable bonds is 2. The average Bonchev–Trinajstić information content (AvgIpc) is 2.67. The molecule has 2 aromatic carbocycles. The lowest BCUT2D eigenvalue weighted by Gasteiger charge is -2.26. The highest BCUT2D eigenvalue weighted by Crippen LogP contribution is 2.30. The van der Waals surface area contributed by atoms with Crippen LogP contribution in [0.1, 0.15) is 12.5 Å². The van der Waals surface area contributed by atoms with E-state index in [1.165, 1.54) is 10.4 Å². The Balaban J connectivity index is 2.12. The molecule has 0 saturated carbocycles. The molecule has 1 unspecified atom stereocenters. The van der Waals surface area contributed by atoms with E-state index in [0.29, 0.717) is 18.1 Å². The van der Waals surface area contributed by atoms with Crippen LogP contribution in [-0.4, -0.2) is 21.0 Å². The van der Waals surface area contributed by atoms with Crippen LogP contribution in [-0.2, 0) is 16.6 Å². The first-order chi connectivity index (χ1) is 10.5. The molecule has 1 aliphatic rings. The number of hydrogen-bond donors (Lipinski definition) is 1. The Bertz CT molecular complexity index is 792. The van der Waals surface area contributed by atoms with Gasteiger partial charge in [-0.05, 0) is 36.8 Å². The summed E-state index contributed by atoms with van der Waals surface area (Å²) in [5.41, 5.74) is 1.69. The Hall–Kier alpha value is -1.56. The summed E-state index contributed by atoms with van der Waals surface area (Å²) in [6.45, 7) is 3.01. The first-order valence-electron chi connectivity index (χ1n) is 7.08. The second-order valence-electron chi connectivity index (χ2n) is 5.40. The Morgan fingerprint density at radius 2 is 1.95 bits per heavy atom. The number of para-hydroxylation sites is 1. The Kier molecular flexibility index (Phi) is 4.12. The normalized spacial score (nSPS) is 18.6. The molecule has 0 spiro atoms. The van der Waals surface area contributed by atoms with Gasteiger partial charge in [-0.2, -0.15) is 0 Å². The molecule has 0 radical (unpaired) electrons. The Morgan fingerprint density at radius 1 is 1.18 bits per heavy atom. The first-order valence-corrected chi connectivity index (χ1v) is 8.90. The van der Waals surface area contributed by atoms with Crippen molar-refractivity contribution in [2.75, 3.05) is 10.8 Å². The summed E-state index contributed by atoms with van der Waals surface area (Å²) in [6.07, 6.45) is 0. The van der Waals surface area contributed by atoms with Gasteiger partial charge in [0.05, 0.1) is 10.6 Å². The number of nitrogens with one attached hydrogen (secondary N) is 1. The zero-order valence-electron chi connectivity index (χ0n) is 12.2. The number of benzene rings is 2. The van der Waals surface area contributed by atoms with Crippen LogP contribution in [0.15, 0.2) is 53.4 Å². The summed E-state index contributed by atoms with van der Waals surface area (Å²) < 4.78 is 27.6. The molecule has 116 valence electrons. The van der Waals surface area contributed by atoms with Crippen molar-refractivity contribution in [3.8, 4) is 0 Å². The predicted molar refractivity (Wildman–Crippen MR) is 88.7 cm³/mol. The first kappa shape index (κ1) is 15.3. The van der Waals surface area contributed by atoms with Crippen LogP contribution in [0, 0.1) is 0 Å². The quantitative estimate of drug-likeness (QED) is 0.917. The fourth-order valence-corrected chi connectivity index (χ4v) is 4.47. The van der Waals surface area contributed by atoms with Crippen molar-refractivity contribution in [1.29, 1.82) is 0 Å². The van der Waals surface area contributed by atoms with Gasteiger partial charge < -0.3 is 5.32 Å². The molecule has 0 bridgehead atoms. The van der Waals surface area contributed by atoms with E-state index in [1.807, 2.05) is 31.2 Å².